The molecule has 1 aliphatic rings. The number of nitrogens with zero attached hydrogens (tertiary/aromatic N) is 2. The molecule has 1 heterocycles. The van der Waals surface area contributed by atoms with Crippen molar-refractivity contribution in [1.29, 1.82) is 0 Å². The second-order valence-corrected chi connectivity index (χ2v) is 5.09. The van der Waals surface area contributed by atoms with Crippen LogP contribution in [0.4, 0.5) is 0 Å². The van der Waals surface area contributed by atoms with E-state index in [0.717, 1.165) is 19.6 Å². The van der Waals surface area contributed by atoms with Crippen LogP contribution in [0.25, 0.3) is 0 Å². The van der Waals surface area contributed by atoms with Crippen molar-refractivity contribution in [3.8, 4) is 0 Å². The molecular formula is C13H21N3. The van der Waals surface area contributed by atoms with Gasteiger partial charge in [-0.25, -0.2) is 0 Å². The summed E-state index contributed by atoms with van der Waals surface area (Å²) in [6, 6.07) is 4.12. The van der Waals surface area contributed by atoms with E-state index in [-0.39, 0.29) is 0 Å². The van der Waals surface area contributed by atoms with Crippen molar-refractivity contribution in [3.63, 3.8) is 0 Å². The van der Waals surface area contributed by atoms with Gasteiger partial charge in [0, 0.05) is 25.5 Å². The van der Waals surface area contributed by atoms with Crippen molar-refractivity contribution in [2.24, 2.45) is 11.1 Å². The minimum absolute atomic E-state index is 0.400. The maximum absolute atomic E-state index is 5.87. The Morgan fingerprint density at radius 3 is 2.81 bits per heavy atom. The van der Waals surface area contributed by atoms with E-state index < -0.39 is 0 Å². The molecule has 3 heteroatoms. The zero-order valence-corrected chi connectivity index (χ0v) is 10.0. The van der Waals surface area contributed by atoms with E-state index in [1.54, 1.807) is 0 Å². The number of rotatable bonds is 5. The zero-order valence-electron chi connectivity index (χ0n) is 10.0. The average Bonchev–Trinajstić information content (AvgIpc) is 2.25. The normalized spacial score (nSPS) is 18.4. The highest BCUT2D eigenvalue weighted by Gasteiger charge is 2.36. The first kappa shape index (κ1) is 11.6. The first-order chi connectivity index (χ1) is 7.74. The van der Waals surface area contributed by atoms with E-state index >= 15 is 0 Å². The Bertz CT molecular complexity index is 314. The number of aromatic nitrogens is 1. The van der Waals surface area contributed by atoms with E-state index in [1.165, 1.54) is 24.8 Å². The third kappa shape index (κ3) is 2.60. The van der Waals surface area contributed by atoms with E-state index in [9.17, 15) is 0 Å². The predicted octanol–water partition coefficient (Wildman–Crippen LogP) is 1.64. The topological polar surface area (TPSA) is 42.2 Å². The highest BCUT2D eigenvalue weighted by Crippen LogP contribution is 2.40. The van der Waals surface area contributed by atoms with Crippen molar-refractivity contribution < 1.29 is 0 Å². The van der Waals surface area contributed by atoms with Gasteiger partial charge < -0.3 is 10.6 Å². The van der Waals surface area contributed by atoms with Crippen LogP contribution in [0.3, 0.4) is 0 Å². The molecule has 3 nitrogen and oxygen atoms in total. The largest absolute Gasteiger partial charge is 0.330 e. The lowest BCUT2D eigenvalue weighted by molar-refractivity contribution is 0.0845. The zero-order chi connectivity index (χ0) is 11.4. The highest BCUT2D eigenvalue weighted by atomic mass is 15.1. The van der Waals surface area contributed by atoms with Gasteiger partial charge in [0.2, 0.25) is 0 Å². The molecule has 0 unspecified atom stereocenters. The standard InChI is InChI=1S/C13H21N3/c1-16(9-12-4-2-7-15-8-12)11-13(10-14)5-3-6-13/h2,4,7-8H,3,5-6,9-11,14H2,1H3. The molecule has 1 aromatic rings. The van der Waals surface area contributed by atoms with Crippen molar-refractivity contribution in [1.82, 2.24) is 9.88 Å². The Morgan fingerprint density at radius 2 is 2.31 bits per heavy atom. The predicted molar refractivity (Wildman–Crippen MR) is 65.9 cm³/mol. The number of nitrogens with two attached hydrogens (primary N) is 1. The monoisotopic (exact) mass is 219 g/mol. The molecule has 0 bridgehead atoms. The first-order valence-corrected chi connectivity index (χ1v) is 6.02. The molecule has 2 rings (SSSR count). The fourth-order valence-corrected chi connectivity index (χ4v) is 2.54. The van der Waals surface area contributed by atoms with Crippen LogP contribution in [0, 0.1) is 5.41 Å². The molecule has 0 atom stereocenters. The molecule has 0 aliphatic heterocycles. The van der Waals surface area contributed by atoms with Crippen molar-refractivity contribution in [2.75, 3.05) is 20.1 Å². The lowest BCUT2D eigenvalue weighted by Gasteiger charge is -2.43. The molecule has 0 radical (unpaired) electrons. The summed E-state index contributed by atoms with van der Waals surface area (Å²) in [5.74, 6) is 0. The van der Waals surface area contributed by atoms with Gasteiger partial charge in [-0.05, 0) is 43.5 Å². The van der Waals surface area contributed by atoms with E-state index in [0.29, 0.717) is 5.41 Å². The van der Waals surface area contributed by atoms with Crippen LogP contribution < -0.4 is 5.73 Å². The fraction of sp³-hybridized carbons (Fsp3) is 0.615. The Kier molecular flexibility index (Phi) is 3.56. The van der Waals surface area contributed by atoms with Crippen LogP contribution in [0.2, 0.25) is 0 Å². The van der Waals surface area contributed by atoms with Gasteiger partial charge in [-0.3, -0.25) is 4.98 Å². The minimum Gasteiger partial charge on any atom is -0.330 e. The summed E-state index contributed by atoms with van der Waals surface area (Å²) in [4.78, 5) is 6.50. The third-order valence-electron chi connectivity index (χ3n) is 3.63. The average molecular weight is 219 g/mol. The summed E-state index contributed by atoms with van der Waals surface area (Å²) in [5, 5.41) is 0. The summed E-state index contributed by atoms with van der Waals surface area (Å²) >= 11 is 0. The molecule has 1 saturated carbocycles. The third-order valence-corrected chi connectivity index (χ3v) is 3.63. The molecule has 0 amide bonds. The van der Waals surface area contributed by atoms with Gasteiger partial charge in [0.1, 0.15) is 0 Å². The maximum atomic E-state index is 5.87. The summed E-state index contributed by atoms with van der Waals surface area (Å²) in [6.07, 6.45) is 7.68. The quantitative estimate of drug-likeness (QED) is 0.818. The molecule has 0 aromatic carbocycles. The highest BCUT2D eigenvalue weighted by molar-refractivity contribution is 5.08. The molecule has 0 spiro atoms. The number of pyridine rings is 1. The molecule has 0 saturated heterocycles. The lowest BCUT2D eigenvalue weighted by atomic mass is 9.68. The van der Waals surface area contributed by atoms with Crippen LogP contribution in [-0.2, 0) is 6.54 Å². The van der Waals surface area contributed by atoms with E-state index in [1.807, 2.05) is 18.5 Å². The van der Waals surface area contributed by atoms with E-state index in [2.05, 4.69) is 23.0 Å². The first-order valence-electron chi connectivity index (χ1n) is 6.02. The number of hydrogen-bond donors (Lipinski definition) is 1. The van der Waals surface area contributed by atoms with Crippen LogP contribution in [-0.4, -0.2) is 30.0 Å². The molecule has 88 valence electrons. The van der Waals surface area contributed by atoms with Crippen molar-refractivity contribution >= 4 is 0 Å². The maximum Gasteiger partial charge on any atom is 0.0312 e. The van der Waals surface area contributed by atoms with Gasteiger partial charge in [-0.1, -0.05) is 12.5 Å². The Balaban J connectivity index is 1.87. The lowest BCUT2D eigenvalue weighted by Crippen LogP contribution is -2.45. The molecule has 2 N–H and O–H groups in total. The van der Waals surface area contributed by atoms with Gasteiger partial charge in [-0.15, -0.1) is 0 Å². The summed E-state index contributed by atoms with van der Waals surface area (Å²) in [5.41, 5.74) is 7.55. The van der Waals surface area contributed by atoms with Crippen molar-refractivity contribution in [2.45, 2.75) is 25.8 Å². The molecule has 1 fully saturated rings. The van der Waals surface area contributed by atoms with Gasteiger partial charge >= 0.3 is 0 Å². The molecule has 16 heavy (non-hydrogen) atoms. The van der Waals surface area contributed by atoms with Crippen LogP contribution >= 0.6 is 0 Å². The van der Waals surface area contributed by atoms with Crippen molar-refractivity contribution in [3.05, 3.63) is 30.1 Å². The Hall–Kier alpha value is -0.930. The molecular weight excluding hydrogens is 198 g/mol. The minimum atomic E-state index is 0.400. The summed E-state index contributed by atoms with van der Waals surface area (Å²) in [7, 11) is 2.17. The second kappa shape index (κ2) is 4.93. The fourth-order valence-electron chi connectivity index (χ4n) is 2.54. The molecule has 1 aliphatic carbocycles. The van der Waals surface area contributed by atoms with Gasteiger partial charge in [0.05, 0.1) is 0 Å². The number of hydrogen-bond acceptors (Lipinski definition) is 3. The van der Waals surface area contributed by atoms with Gasteiger partial charge in [0.15, 0.2) is 0 Å². The van der Waals surface area contributed by atoms with Crippen LogP contribution in [0.1, 0.15) is 24.8 Å². The van der Waals surface area contributed by atoms with E-state index in [4.69, 9.17) is 5.73 Å². The summed E-state index contributed by atoms with van der Waals surface area (Å²) < 4.78 is 0. The second-order valence-electron chi connectivity index (χ2n) is 5.09. The van der Waals surface area contributed by atoms with Crippen LogP contribution in [0.15, 0.2) is 24.5 Å². The van der Waals surface area contributed by atoms with Gasteiger partial charge in [-0.2, -0.15) is 0 Å². The molecule has 1 aromatic heterocycles. The SMILES string of the molecule is CN(Cc1cccnc1)CC1(CN)CCC1. The Labute approximate surface area is 97.7 Å². The summed E-state index contributed by atoms with van der Waals surface area (Å²) in [6.45, 7) is 2.90. The Morgan fingerprint density at radius 1 is 1.50 bits per heavy atom. The smallest absolute Gasteiger partial charge is 0.0312 e. The van der Waals surface area contributed by atoms with Gasteiger partial charge in [0.25, 0.3) is 0 Å². The van der Waals surface area contributed by atoms with Crippen LogP contribution in [0.5, 0.6) is 0 Å².